The molecule has 0 unspecified atom stereocenters. The molecular formula is C23H30B2O6. The van der Waals surface area contributed by atoms with E-state index in [4.69, 9.17) is 9.47 Å². The zero-order chi connectivity index (χ0) is 22.5. The van der Waals surface area contributed by atoms with Gasteiger partial charge in [-0.05, 0) is 54.2 Å². The Morgan fingerprint density at radius 3 is 2.48 bits per heavy atom. The number of ether oxygens (including phenoxy) is 2. The van der Waals surface area contributed by atoms with Gasteiger partial charge in [-0.15, -0.1) is 0 Å². The summed E-state index contributed by atoms with van der Waals surface area (Å²) in [5, 5.41) is 40.7. The van der Waals surface area contributed by atoms with Crippen LogP contribution in [0.3, 0.4) is 0 Å². The first-order chi connectivity index (χ1) is 14.7. The van der Waals surface area contributed by atoms with Gasteiger partial charge in [0.05, 0.1) is 13.7 Å². The Labute approximate surface area is 184 Å². The minimum atomic E-state index is -1.43. The number of fused-ring (bicyclic) bond motifs is 1. The van der Waals surface area contributed by atoms with Crippen molar-refractivity contribution < 1.29 is 29.9 Å². The van der Waals surface area contributed by atoms with Crippen molar-refractivity contribution in [3.63, 3.8) is 0 Å². The molecule has 0 aromatic heterocycles. The number of methoxy groups -OCH3 is 1. The van der Waals surface area contributed by atoms with E-state index < -0.39 is 37.1 Å². The number of aliphatic hydroxyl groups is 4. The lowest BCUT2D eigenvalue weighted by Gasteiger charge is -2.40. The molecule has 0 bridgehead atoms. The monoisotopic (exact) mass is 424 g/mol. The Kier molecular flexibility index (Phi) is 5.96. The highest BCUT2D eigenvalue weighted by atomic mass is 16.5. The Morgan fingerprint density at radius 2 is 1.84 bits per heavy atom. The van der Waals surface area contributed by atoms with Crippen LogP contribution in [0.25, 0.3) is 0 Å². The number of aliphatic hydroxyl groups excluding tert-OH is 4. The van der Waals surface area contributed by atoms with Gasteiger partial charge in [0.25, 0.3) is 0 Å². The van der Waals surface area contributed by atoms with Crippen LogP contribution in [0, 0.1) is 6.92 Å². The van der Waals surface area contributed by atoms with E-state index in [-0.39, 0.29) is 5.21 Å². The van der Waals surface area contributed by atoms with Gasteiger partial charge in [-0.3, -0.25) is 0 Å². The van der Waals surface area contributed by atoms with E-state index in [2.05, 4.69) is 33.9 Å². The van der Waals surface area contributed by atoms with Crippen LogP contribution in [0.5, 0.6) is 5.75 Å². The van der Waals surface area contributed by atoms with Crippen LogP contribution in [0.15, 0.2) is 30.3 Å². The van der Waals surface area contributed by atoms with Gasteiger partial charge >= 0.3 is 0 Å². The second-order valence-electron chi connectivity index (χ2n) is 9.50. The van der Waals surface area contributed by atoms with E-state index in [1.165, 1.54) is 16.7 Å². The molecule has 1 aliphatic carbocycles. The fourth-order valence-corrected chi connectivity index (χ4v) is 4.90. The molecule has 0 radical (unpaired) electrons. The van der Waals surface area contributed by atoms with Gasteiger partial charge in [0, 0.05) is 5.56 Å². The zero-order valence-corrected chi connectivity index (χ0v) is 18.5. The van der Waals surface area contributed by atoms with Crippen molar-refractivity contribution in [2.24, 2.45) is 0 Å². The van der Waals surface area contributed by atoms with E-state index >= 15 is 0 Å². The molecule has 1 fully saturated rings. The van der Waals surface area contributed by atoms with Gasteiger partial charge in [0.15, 0.2) is 0 Å². The fourth-order valence-electron chi connectivity index (χ4n) is 4.90. The van der Waals surface area contributed by atoms with Crippen LogP contribution < -0.4 is 4.74 Å². The number of benzene rings is 2. The number of hydrogen-bond acceptors (Lipinski definition) is 6. The van der Waals surface area contributed by atoms with Crippen molar-refractivity contribution in [1.29, 1.82) is 0 Å². The van der Waals surface area contributed by atoms with Crippen molar-refractivity contribution in [2.45, 2.75) is 55.5 Å². The number of rotatable bonds is 5. The first-order valence-electron chi connectivity index (χ1n) is 10.8. The number of aryl methyl sites for hydroxylation is 1. The molecule has 164 valence electrons. The van der Waals surface area contributed by atoms with Gasteiger partial charge in [-0.25, -0.2) is 0 Å². The van der Waals surface area contributed by atoms with Crippen LogP contribution in [-0.2, 0) is 22.8 Å². The van der Waals surface area contributed by atoms with Crippen LogP contribution in [0.4, 0.5) is 0 Å². The minimum Gasteiger partial charge on any atom is -0.496 e. The summed E-state index contributed by atoms with van der Waals surface area (Å²) in [6.45, 7) is 1.55. The molecule has 1 aliphatic heterocycles. The van der Waals surface area contributed by atoms with Gasteiger partial charge in [0.2, 0.25) is 0 Å². The summed E-state index contributed by atoms with van der Waals surface area (Å²) in [6.07, 6.45) is -4.25. The predicted octanol–water partition coefficient (Wildman–Crippen LogP) is -0.916. The van der Waals surface area contributed by atoms with E-state index in [9.17, 15) is 20.4 Å². The Hall–Kier alpha value is -1.83. The maximum atomic E-state index is 10.6. The molecular weight excluding hydrogens is 394 g/mol. The molecule has 31 heavy (non-hydrogen) atoms. The van der Waals surface area contributed by atoms with Crippen molar-refractivity contribution in [3.05, 3.63) is 63.7 Å². The summed E-state index contributed by atoms with van der Waals surface area (Å²) in [4.78, 5) is 0. The molecule has 6 nitrogen and oxygen atoms in total. The van der Waals surface area contributed by atoms with Crippen LogP contribution in [0.2, 0.25) is 0 Å². The highest BCUT2D eigenvalue weighted by Crippen LogP contribution is 2.40. The fraction of sp³-hybridized carbons (Fsp3) is 0.478. The highest BCUT2D eigenvalue weighted by Gasteiger charge is 2.45. The Balaban J connectivity index is 1.69. The minimum absolute atomic E-state index is 0.210. The summed E-state index contributed by atoms with van der Waals surface area (Å²) >= 11 is 0. The van der Waals surface area contributed by atoms with Gasteiger partial charge in [-0.1, -0.05) is 29.0 Å². The topological polar surface area (TPSA) is 99.4 Å². The molecule has 1 heterocycles. The number of hydrogen-bond donors (Lipinski definition) is 4. The summed E-state index contributed by atoms with van der Waals surface area (Å²) in [7, 11) is 6.06. The van der Waals surface area contributed by atoms with E-state index in [1.54, 1.807) is 7.11 Å². The second-order valence-corrected chi connectivity index (χ2v) is 9.50. The maximum Gasteiger partial charge on any atom is 0.125 e. The molecule has 2 aliphatic rings. The molecule has 2 aromatic rings. The molecule has 2 aromatic carbocycles. The molecule has 4 N–H and O–H groups in total. The smallest absolute Gasteiger partial charge is 0.125 e. The first kappa shape index (κ1) is 22.4. The summed E-state index contributed by atoms with van der Waals surface area (Å²) in [5.41, 5.74) is 6.70. The van der Waals surface area contributed by atoms with Gasteiger partial charge in [0.1, 0.15) is 52.0 Å². The molecule has 5 atom stereocenters. The largest absolute Gasteiger partial charge is 0.496 e. The van der Waals surface area contributed by atoms with Crippen molar-refractivity contribution >= 4 is 15.7 Å². The summed E-state index contributed by atoms with van der Waals surface area (Å²) in [6, 6.07) is 10.5. The first-order valence-corrected chi connectivity index (χ1v) is 10.8. The quantitative estimate of drug-likeness (QED) is 0.464. The van der Waals surface area contributed by atoms with Crippen molar-refractivity contribution in [2.75, 3.05) is 13.7 Å². The second kappa shape index (κ2) is 8.26. The predicted molar refractivity (Wildman–Crippen MR) is 122 cm³/mol. The molecule has 0 spiro atoms. The molecule has 0 saturated carbocycles. The van der Waals surface area contributed by atoms with E-state index in [0.717, 1.165) is 17.5 Å². The van der Waals surface area contributed by atoms with Gasteiger partial charge < -0.3 is 29.9 Å². The molecule has 8 heteroatoms. The van der Waals surface area contributed by atoms with Gasteiger partial charge in [-0.2, -0.15) is 0 Å². The third-order valence-corrected chi connectivity index (χ3v) is 6.82. The van der Waals surface area contributed by atoms with Crippen LogP contribution in [0.1, 0.15) is 39.5 Å². The normalized spacial score (nSPS) is 29.2. The lowest BCUT2D eigenvalue weighted by Crippen LogP contribution is -2.55. The highest BCUT2D eigenvalue weighted by molar-refractivity contribution is 6.41. The Bertz CT molecular complexity index is 977. The zero-order valence-electron chi connectivity index (χ0n) is 18.5. The SMILES string of the molecule is BC1(B)Cc2ccc(Cc3cc([C@@H]4O[C@H](CO)[C@@H](O)[C@H](O)[C@H]4O)c(OC)cc3C)cc21. The van der Waals surface area contributed by atoms with Crippen LogP contribution in [-0.4, -0.2) is 74.3 Å². The summed E-state index contributed by atoms with van der Waals surface area (Å²) in [5.74, 6) is 0.531. The Morgan fingerprint density at radius 1 is 1.10 bits per heavy atom. The van der Waals surface area contributed by atoms with Crippen molar-refractivity contribution in [3.8, 4) is 5.75 Å². The average Bonchev–Trinajstić information content (AvgIpc) is 2.74. The van der Waals surface area contributed by atoms with E-state index in [0.29, 0.717) is 17.7 Å². The average molecular weight is 424 g/mol. The summed E-state index contributed by atoms with van der Waals surface area (Å²) < 4.78 is 11.3. The molecule has 1 saturated heterocycles. The standard InChI is InChI=1S/C23H30B2O6/c1-11-5-17(30-2)15(22-21(29)20(28)19(27)18(10-26)31-22)8-14(11)6-12-3-4-13-9-23(24,25)16(13)7-12/h3-5,7-8,18-22,26-29H,6,9-10,24-25H2,1-2H3/t18-,19-,20+,21-,22+/m1/s1. The maximum absolute atomic E-state index is 10.6. The van der Waals surface area contributed by atoms with E-state index in [1.807, 2.05) is 19.1 Å². The third kappa shape index (κ3) is 3.92. The lowest BCUT2D eigenvalue weighted by molar-refractivity contribution is -0.232. The van der Waals surface area contributed by atoms with Crippen LogP contribution >= 0.6 is 0 Å². The molecule has 4 rings (SSSR count). The van der Waals surface area contributed by atoms with Crippen molar-refractivity contribution in [1.82, 2.24) is 0 Å². The lowest BCUT2D eigenvalue weighted by atomic mass is 9.42. The molecule has 0 amide bonds. The third-order valence-electron chi connectivity index (χ3n) is 6.82.